The molecule has 1 fully saturated rings. The standard InChI is InChI=1S/C17H27FN2/c1-13(2)10-17-12-20(9-7-19-17)8-6-15-4-5-16(18)11-14(15)3/h4-5,11,13,17,19H,6-10,12H2,1-3H3. The van der Waals surface area contributed by atoms with Gasteiger partial charge in [0, 0.05) is 32.2 Å². The molecule has 0 aromatic heterocycles. The first-order valence-electron chi connectivity index (χ1n) is 7.75. The summed E-state index contributed by atoms with van der Waals surface area (Å²) in [4.78, 5) is 2.53. The highest BCUT2D eigenvalue weighted by atomic mass is 19.1. The minimum Gasteiger partial charge on any atom is -0.311 e. The van der Waals surface area contributed by atoms with E-state index in [-0.39, 0.29) is 5.82 Å². The number of benzene rings is 1. The van der Waals surface area contributed by atoms with Crippen LogP contribution in [0, 0.1) is 18.7 Å². The maximum absolute atomic E-state index is 13.1. The fourth-order valence-electron chi connectivity index (χ4n) is 3.04. The molecule has 1 saturated heterocycles. The number of halogens is 1. The first-order valence-corrected chi connectivity index (χ1v) is 7.75. The Morgan fingerprint density at radius 2 is 2.20 bits per heavy atom. The van der Waals surface area contributed by atoms with Crippen molar-refractivity contribution in [3.8, 4) is 0 Å². The molecule has 0 aliphatic carbocycles. The molecule has 0 spiro atoms. The molecule has 0 bridgehead atoms. The molecular formula is C17H27FN2. The minimum absolute atomic E-state index is 0.134. The van der Waals surface area contributed by atoms with Crippen molar-refractivity contribution in [3.63, 3.8) is 0 Å². The molecule has 0 amide bonds. The fourth-order valence-corrected chi connectivity index (χ4v) is 3.04. The number of nitrogens with zero attached hydrogens (tertiary/aromatic N) is 1. The molecule has 112 valence electrons. The zero-order valence-electron chi connectivity index (χ0n) is 13.0. The van der Waals surface area contributed by atoms with Crippen molar-refractivity contribution in [2.24, 2.45) is 5.92 Å². The summed E-state index contributed by atoms with van der Waals surface area (Å²) >= 11 is 0. The van der Waals surface area contributed by atoms with Gasteiger partial charge in [-0.2, -0.15) is 0 Å². The minimum atomic E-state index is -0.134. The van der Waals surface area contributed by atoms with E-state index in [0.717, 1.165) is 44.1 Å². The first kappa shape index (κ1) is 15.5. The van der Waals surface area contributed by atoms with Gasteiger partial charge >= 0.3 is 0 Å². The lowest BCUT2D eigenvalue weighted by Crippen LogP contribution is -2.51. The molecule has 1 aromatic rings. The first-order chi connectivity index (χ1) is 9.54. The van der Waals surface area contributed by atoms with Crippen molar-refractivity contribution >= 4 is 0 Å². The van der Waals surface area contributed by atoms with Crippen LogP contribution >= 0.6 is 0 Å². The average Bonchev–Trinajstić information content (AvgIpc) is 2.37. The van der Waals surface area contributed by atoms with E-state index in [2.05, 4.69) is 24.1 Å². The van der Waals surface area contributed by atoms with Crippen LogP contribution in [-0.2, 0) is 6.42 Å². The molecule has 3 heteroatoms. The van der Waals surface area contributed by atoms with E-state index < -0.39 is 0 Å². The molecule has 1 heterocycles. The van der Waals surface area contributed by atoms with E-state index in [1.165, 1.54) is 12.0 Å². The molecule has 2 nitrogen and oxygen atoms in total. The lowest BCUT2D eigenvalue weighted by Gasteiger charge is -2.34. The SMILES string of the molecule is Cc1cc(F)ccc1CCN1CCNC(CC(C)C)C1. The van der Waals surface area contributed by atoms with Crippen molar-refractivity contribution < 1.29 is 4.39 Å². The Morgan fingerprint density at radius 3 is 2.90 bits per heavy atom. The topological polar surface area (TPSA) is 15.3 Å². The lowest BCUT2D eigenvalue weighted by atomic mass is 10.0. The predicted octanol–water partition coefficient (Wildman–Crippen LogP) is 3.00. The van der Waals surface area contributed by atoms with Gasteiger partial charge in [-0.25, -0.2) is 4.39 Å². The number of aryl methyl sites for hydroxylation is 1. The van der Waals surface area contributed by atoms with Crippen LogP contribution in [0.2, 0.25) is 0 Å². The average molecular weight is 278 g/mol. The van der Waals surface area contributed by atoms with Gasteiger partial charge in [0.2, 0.25) is 0 Å². The van der Waals surface area contributed by atoms with E-state index >= 15 is 0 Å². The smallest absolute Gasteiger partial charge is 0.123 e. The summed E-state index contributed by atoms with van der Waals surface area (Å²) in [5, 5.41) is 3.61. The van der Waals surface area contributed by atoms with E-state index in [1.54, 1.807) is 12.1 Å². The van der Waals surface area contributed by atoms with Gasteiger partial charge in [0.1, 0.15) is 5.82 Å². The van der Waals surface area contributed by atoms with Crippen molar-refractivity contribution in [1.29, 1.82) is 0 Å². The molecule has 1 aliphatic heterocycles. The van der Waals surface area contributed by atoms with Gasteiger partial charge < -0.3 is 10.2 Å². The highest BCUT2D eigenvalue weighted by Gasteiger charge is 2.19. The number of nitrogens with one attached hydrogen (secondary N) is 1. The summed E-state index contributed by atoms with van der Waals surface area (Å²) in [5.74, 6) is 0.609. The van der Waals surface area contributed by atoms with Crippen molar-refractivity contribution in [2.75, 3.05) is 26.2 Å². The summed E-state index contributed by atoms with van der Waals surface area (Å²) in [7, 11) is 0. The Labute approximate surface area is 122 Å². The van der Waals surface area contributed by atoms with Crippen molar-refractivity contribution in [2.45, 2.75) is 39.7 Å². The van der Waals surface area contributed by atoms with E-state index in [9.17, 15) is 4.39 Å². The van der Waals surface area contributed by atoms with Gasteiger partial charge in [0.05, 0.1) is 0 Å². The van der Waals surface area contributed by atoms with E-state index in [0.29, 0.717) is 6.04 Å². The van der Waals surface area contributed by atoms with E-state index in [4.69, 9.17) is 0 Å². The molecular weight excluding hydrogens is 251 g/mol. The molecule has 1 aliphatic rings. The van der Waals surface area contributed by atoms with Crippen LogP contribution in [-0.4, -0.2) is 37.1 Å². The third-order valence-corrected chi connectivity index (χ3v) is 4.10. The molecule has 0 saturated carbocycles. The van der Waals surface area contributed by atoms with Crippen molar-refractivity contribution in [3.05, 3.63) is 35.1 Å². The van der Waals surface area contributed by atoms with Crippen LogP contribution in [0.1, 0.15) is 31.4 Å². The van der Waals surface area contributed by atoms with Crippen LogP contribution in [0.4, 0.5) is 4.39 Å². The monoisotopic (exact) mass is 278 g/mol. The zero-order valence-corrected chi connectivity index (χ0v) is 13.0. The van der Waals surface area contributed by atoms with E-state index in [1.807, 2.05) is 13.0 Å². The number of hydrogen-bond donors (Lipinski definition) is 1. The van der Waals surface area contributed by atoms with Gasteiger partial charge in [-0.05, 0) is 48.9 Å². The second kappa shape index (κ2) is 7.19. The Bertz CT molecular complexity index is 431. The third-order valence-electron chi connectivity index (χ3n) is 4.10. The summed E-state index contributed by atoms with van der Waals surface area (Å²) in [6.07, 6.45) is 2.26. The Morgan fingerprint density at radius 1 is 1.40 bits per heavy atom. The van der Waals surface area contributed by atoms with Gasteiger partial charge in [-0.1, -0.05) is 19.9 Å². The molecule has 0 radical (unpaired) electrons. The van der Waals surface area contributed by atoms with Gasteiger partial charge in [-0.3, -0.25) is 0 Å². The fraction of sp³-hybridized carbons (Fsp3) is 0.647. The highest BCUT2D eigenvalue weighted by molar-refractivity contribution is 5.26. The number of rotatable bonds is 5. The summed E-state index contributed by atoms with van der Waals surface area (Å²) in [5.41, 5.74) is 2.34. The Kier molecular flexibility index (Phi) is 5.55. The normalized spacial score (nSPS) is 20.6. The third kappa shape index (κ3) is 4.57. The summed E-state index contributed by atoms with van der Waals surface area (Å²) in [6.45, 7) is 11.0. The summed E-state index contributed by atoms with van der Waals surface area (Å²) < 4.78 is 13.1. The maximum atomic E-state index is 13.1. The molecule has 1 N–H and O–H groups in total. The van der Waals surface area contributed by atoms with Crippen LogP contribution in [0.5, 0.6) is 0 Å². The molecule has 1 unspecified atom stereocenters. The maximum Gasteiger partial charge on any atom is 0.123 e. The van der Waals surface area contributed by atoms with Crippen LogP contribution in [0.3, 0.4) is 0 Å². The molecule has 1 atom stereocenters. The number of piperazine rings is 1. The second-order valence-electron chi connectivity index (χ2n) is 6.40. The highest BCUT2D eigenvalue weighted by Crippen LogP contribution is 2.13. The van der Waals surface area contributed by atoms with Crippen molar-refractivity contribution in [1.82, 2.24) is 10.2 Å². The number of hydrogen-bond acceptors (Lipinski definition) is 2. The summed E-state index contributed by atoms with van der Waals surface area (Å²) in [6, 6.07) is 5.76. The van der Waals surface area contributed by atoms with Crippen LogP contribution < -0.4 is 5.32 Å². The quantitative estimate of drug-likeness (QED) is 0.891. The zero-order chi connectivity index (χ0) is 14.5. The second-order valence-corrected chi connectivity index (χ2v) is 6.40. The Hall–Kier alpha value is -0.930. The van der Waals surface area contributed by atoms with Gasteiger partial charge in [-0.15, -0.1) is 0 Å². The Balaban J connectivity index is 1.84. The van der Waals surface area contributed by atoms with Gasteiger partial charge in [0.25, 0.3) is 0 Å². The predicted molar refractivity (Wildman–Crippen MR) is 82.5 cm³/mol. The van der Waals surface area contributed by atoms with Crippen LogP contribution in [0.15, 0.2) is 18.2 Å². The van der Waals surface area contributed by atoms with Gasteiger partial charge in [0.15, 0.2) is 0 Å². The molecule has 2 rings (SSSR count). The lowest BCUT2D eigenvalue weighted by molar-refractivity contribution is 0.188. The van der Waals surface area contributed by atoms with Crippen LogP contribution in [0.25, 0.3) is 0 Å². The largest absolute Gasteiger partial charge is 0.311 e. The molecule has 20 heavy (non-hydrogen) atoms. The molecule has 1 aromatic carbocycles.